The number of nitriles is 1. The zero-order chi connectivity index (χ0) is 41.1. The molecule has 0 saturated carbocycles. The molecule has 2 aliphatic heterocycles. The Kier molecular flexibility index (Phi) is 11.7. The molecule has 3 amide bonds. The second-order valence-corrected chi connectivity index (χ2v) is 16.1. The number of rotatable bonds is 8. The number of halogens is 2. The van der Waals surface area contributed by atoms with E-state index in [9.17, 15) is 28.4 Å². The van der Waals surface area contributed by atoms with Gasteiger partial charge in [0.05, 0.1) is 24.7 Å². The molecule has 4 aromatic rings. The molecule has 2 heterocycles. The van der Waals surface area contributed by atoms with Crippen molar-refractivity contribution in [2.75, 3.05) is 31.5 Å². The number of anilines is 1. The Morgan fingerprint density at radius 2 is 1.21 bits per heavy atom. The van der Waals surface area contributed by atoms with Crippen LogP contribution in [0.25, 0.3) is 22.3 Å². The van der Waals surface area contributed by atoms with Gasteiger partial charge in [0.2, 0.25) is 0 Å². The number of carbonyl (C=O) groups is 3. The fraction of sp³-hybridized carbons (Fsp3) is 0.364. The molecule has 2 fully saturated rings. The zero-order valence-electron chi connectivity index (χ0n) is 32.9. The first-order valence-electron chi connectivity index (χ1n) is 18.8. The minimum absolute atomic E-state index is 0.220. The van der Waals surface area contributed by atoms with Crippen LogP contribution in [0.5, 0.6) is 11.5 Å². The predicted molar refractivity (Wildman–Crippen MR) is 210 cm³/mol. The lowest BCUT2D eigenvalue weighted by Crippen LogP contribution is -2.36. The summed E-state index contributed by atoms with van der Waals surface area (Å²) in [5, 5.41) is 12.3. The zero-order valence-corrected chi connectivity index (χ0v) is 32.9. The number of benzene rings is 4. The molecule has 0 aromatic heterocycles. The Balaban J connectivity index is 1.24. The summed E-state index contributed by atoms with van der Waals surface area (Å²) in [6.45, 7) is 12.3. The lowest BCUT2D eigenvalue weighted by molar-refractivity contribution is 0.0266. The van der Waals surface area contributed by atoms with Crippen LogP contribution in [0, 0.1) is 23.0 Å². The van der Waals surface area contributed by atoms with E-state index in [-0.39, 0.29) is 18.2 Å². The molecule has 4 aromatic carbocycles. The molecule has 0 spiro atoms. The van der Waals surface area contributed by atoms with Gasteiger partial charge in [0, 0.05) is 48.3 Å². The lowest BCUT2D eigenvalue weighted by Gasteiger charge is -2.24. The van der Waals surface area contributed by atoms with Crippen molar-refractivity contribution in [3.05, 3.63) is 102 Å². The first-order valence-corrected chi connectivity index (χ1v) is 18.8. The fourth-order valence-electron chi connectivity index (χ4n) is 6.52. The summed E-state index contributed by atoms with van der Waals surface area (Å²) in [4.78, 5) is 42.4. The van der Waals surface area contributed by atoms with Gasteiger partial charge < -0.3 is 34.1 Å². The Hall–Kier alpha value is -6.16. The number of amides is 3. The van der Waals surface area contributed by atoms with E-state index in [1.54, 1.807) is 91.2 Å². The third-order valence-corrected chi connectivity index (χ3v) is 9.22. The molecule has 6 rings (SSSR count). The molecule has 13 heteroatoms. The maximum Gasteiger partial charge on any atom is 0.410 e. The molecule has 1 N–H and O–H groups in total. The second-order valence-electron chi connectivity index (χ2n) is 16.1. The molecular formula is C44H46F2N4O7. The van der Waals surface area contributed by atoms with E-state index >= 15 is 0 Å². The molecule has 0 radical (unpaired) electrons. The highest BCUT2D eigenvalue weighted by molar-refractivity contribution is 6.05. The van der Waals surface area contributed by atoms with E-state index in [2.05, 4.69) is 11.4 Å². The summed E-state index contributed by atoms with van der Waals surface area (Å²) < 4.78 is 52.3. The van der Waals surface area contributed by atoms with Crippen LogP contribution in [0.1, 0.15) is 70.3 Å². The Morgan fingerprint density at radius 3 is 1.74 bits per heavy atom. The summed E-state index contributed by atoms with van der Waals surface area (Å²) in [6.07, 6.45) is -0.473. The van der Waals surface area contributed by atoms with Gasteiger partial charge in [-0.1, -0.05) is 18.2 Å². The largest absolute Gasteiger partial charge is 0.488 e. The SMILES string of the molecule is CC(C)(C)OC(=O)N1CC[C@H](Oc2ccc(NC(=O)c3ccc(O[C@H]4CCN(C(=O)OC(C)(C)C)C4)c(-c4ccc(F)c(F)c4)c3)cc2-c2ccc(C#N)cc2)C1. The van der Waals surface area contributed by atoms with Gasteiger partial charge in [-0.15, -0.1) is 0 Å². The van der Waals surface area contributed by atoms with Crippen molar-refractivity contribution in [1.29, 1.82) is 5.26 Å². The third kappa shape index (κ3) is 10.4. The number of nitrogens with zero attached hydrogens (tertiary/aromatic N) is 3. The summed E-state index contributed by atoms with van der Waals surface area (Å²) in [6, 6.07) is 22.5. The number of carbonyl (C=O) groups excluding carboxylic acids is 3. The first-order chi connectivity index (χ1) is 26.9. The van der Waals surface area contributed by atoms with Gasteiger partial charge in [-0.25, -0.2) is 18.4 Å². The van der Waals surface area contributed by atoms with Crippen molar-refractivity contribution in [2.24, 2.45) is 0 Å². The van der Waals surface area contributed by atoms with Gasteiger partial charge in [0.15, 0.2) is 11.6 Å². The van der Waals surface area contributed by atoms with E-state index in [1.165, 1.54) is 6.07 Å². The van der Waals surface area contributed by atoms with Crippen molar-refractivity contribution in [2.45, 2.75) is 77.8 Å². The summed E-state index contributed by atoms with van der Waals surface area (Å²) >= 11 is 0. The topological polar surface area (TPSA) is 130 Å². The van der Waals surface area contributed by atoms with E-state index < -0.39 is 47.0 Å². The average molecular weight is 781 g/mol. The minimum Gasteiger partial charge on any atom is -0.488 e. The minimum atomic E-state index is -1.06. The molecule has 2 aliphatic rings. The molecule has 298 valence electrons. The highest BCUT2D eigenvalue weighted by atomic mass is 19.2. The van der Waals surface area contributed by atoms with Gasteiger partial charge in [-0.3, -0.25) is 4.79 Å². The molecule has 0 aliphatic carbocycles. The van der Waals surface area contributed by atoms with E-state index in [0.29, 0.717) is 71.9 Å². The summed E-state index contributed by atoms with van der Waals surface area (Å²) in [7, 11) is 0. The smallest absolute Gasteiger partial charge is 0.410 e. The second kappa shape index (κ2) is 16.5. The maximum atomic E-state index is 14.5. The molecule has 57 heavy (non-hydrogen) atoms. The van der Waals surface area contributed by atoms with Crippen LogP contribution in [-0.2, 0) is 9.47 Å². The van der Waals surface area contributed by atoms with Gasteiger partial charge in [0.1, 0.15) is 34.9 Å². The number of hydrogen-bond acceptors (Lipinski definition) is 8. The van der Waals surface area contributed by atoms with Crippen LogP contribution in [0.3, 0.4) is 0 Å². The number of ether oxygens (including phenoxy) is 4. The van der Waals surface area contributed by atoms with Crippen molar-refractivity contribution in [1.82, 2.24) is 9.80 Å². The van der Waals surface area contributed by atoms with Crippen LogP contribution in [0.15, 0.2) is 78.9 Å². The maximum absolute atomic E-state index is 14.5. The van der Waals surface area contributed by atoms with Crippen molar-refractivity contribution >= 4 is 23.8 Å². The fourth-order valence-corrected chi connectivity index (χ4v) is 6.52. The molecule has 0 unspecified atom stereocenters. The molecule has 2 atom stereocenters. The standard InChI is InChI=1S/C44H46F2N4O7/c1-43(2,3)56-41(52)49-19-17-32(25-49)54-38-15-12-30(21-34(38)29-11-14-36(45)37(46)22-29)40(51)48-31-13-16-39(35(23-31)28-9-7-27(24-47)8-10-28)55-33-18-20-50(26-33)42(53)57-44(4,5)6/h7-16,21-23,32-33H,17-20,25-26H2,1-6H3,(H,48,51)/t32-,33-/m0/s1. The number of hydrogen-bond donors (Lipinski definition) is 1. The molecule has 11 nitrogen and oxygen atoms in total. The van der Waals surface area contributed by atoms with E-state index in [1.807, 2.05) is 20.8 Å². The van der Waals surface area contributed by atoms with Gasteiger partial charge in [-0.2, -0.15) is 5.26 Å². The molecular weight excluding hydrogens is 735 g/mol. The van der Waals surface area contributed by atoms with Gasteiger partial charge in [-0.05, 0) is 113 Å². The van der Waals surface area contributed by atoms with Gasteiger partial charge in [0.25, 0.3) is 5.91 Å². The number of nitrogens with one attached hydrogen (secondary N) is 1. The van der Waals surface area contributed by atoms with Crippen LogP contribution >= 0.6 is 0 Å². The van der Waals surface area contributed by atoms with E-state index in [4.69, 9.17) is 18.9 Å². The molecule has 2 saturated heterocycles. The first kappa shape index (κ1) is 40.5. The van der Waals surface area contributed by atoms with Crippen LogP contribution < -0.4 is 14.8 Å². The van der Waals surface area contributed by atoms with Crippen LogP contribution in [0.2, 0.25) is 0 Å². The highest BCUT2D eigenvalue weighted by Gasteiger charge is 2.33. The Morgan fingerprint density at radius 1 is 0.684 bits per heavy atom. The van der Waals surface area contributed by atoms with Crippen molar-refractivity contribution < 1.29 is 42.1 Å². The van der Waals surface area contributed by atoms with Gasteiger partial charge >= 0.3 is 12.2 Å². The lowest BCUT2D eigenvalue weighted by atomic mass is 10.0. The van der Waals surface area contributed by atoms with E-state index in [0.717, 1.165) is 17.7 Å². The number of likely N-dealkylation sites (tertiary alicyclic amines) is 2. The van der Waals surface area contributed by atoms with Crippen LogP contribution in [-0.4, -0.2) is 77.5 Å². The molecule has 0 bridgehead atoms. The normalized spacial score (nSPS) is 16.8. The highest BCUT2D eigenvalue weighted by Crippen LogP contribution is 2.37. The van der Waals surface area contributed by atoms with Crippen molar-refractivity contribution in [3.8, 4) is 39.8 Å². The van der Waals surface area contributed by atoms with Crippen molar-refractivity contribution in [3.63, 3.8) is 0 Å². The van der Waals surface area contributed by atoms with Crippen LogP contribution in [0.4, 0.5) is 24.1 Å². The predicted octanol–water partition coefficient (Wildman–Crippen LogP) is 9.20. The quantitative estimate of drug-likeness (QED) is 0.187. The third-order valence-electron chi connectivity index (χ3n) is 9.22. The summed E-state index contributed by atoms with van der Waals surface area (Å²) in [5.41, 5.74) is 1.89. The average Bonchev–Trinajstić information content (AvgIpc) is 3.83. The monoisotopic (exact) mass is 780 g/mol. The summed E-state index contributed by atoms with van der Waals surface area (Å²) in [5.74, 6) is -1.70. The Bertz CT molecular complexity index is 2190. The Labute approximate surface area is 331 Å².